The Kier molecular flexibility index (Phi) is 4.27. The molecule has 0 saturated carbocycles. The molecule has 0 aliphatic carbocycles. The Bertz CT molecular complexity index is 366. The van der Waals surface area contributed by atoms with Crippen molar-refractivity contribution in [2.45, 2.75) is 24.2 Å². The Hall–Kier alpha value is -0.900. The minimum atomic E-state index is -0.464. The van der Waals surface area contributed by atoms with Crippen molar-refractivity contribution >= 4 is 18.0 Å². The molecule has 0 N–H and O–H groups in total. The summed E-state index contributed by atoms with van der Waals surface area (Å²) in [6.07, 6.45) is 2.61. The summed E-state index contributed by atoms with van der Waals surface area (Å²) in [6.45, 7) is 1.70. The first-order chi connectivity index (χ1) is 7.10. The number of halogens is 2. The van der Waals surface area contributed by atoms with Crippen LogP contribution in [0.25, 0.3) is 0 Å². The molecule has 0 aromatic heterocycles. The van der Waals surface area contributed by atoms with E-state index in [0.29, 0.717) is 6.29 Å². The van der Waals surface area contributed by atoms with Crippen molar-refractivity contribution in [1.29, 1.82) is 0 Å². The minimum Gasteiger partial charge on any atom is -0.303 e. The molecule has 0 radical (unpaired) electrons. The normalized spacial score (nSPS) is 12.5. The Labute approximate surface area is 91.9 Å². The Morgan fingerprint density at radius 1 is 1.47 bits per heavy atom. The highest BCUT2D eigenvalue weighted by molar-refractivity contribution is 7.98. The number of aldehydes is 1. The molecule has 0 amide bonds. The van der Waals surface area contributed by atoms with Crippen LogP contribution in [0.4, 0.5) is 8.78 Å². The van der Waals surface area contributed by atoms with Crippen LogP contribution in [0.2, 0.25) is 0 Å². The van der Waals surface area contributed by atoms with Gasteiger partial charge in [-0.05, 0) is 29.9 Å². The van der Waals surface area contributed by atoms with Crippen molar-refractivity contribution in [2.24, 2.45) is 0 Å². The smallest absolute Gasteiger partial charge is 0.140 e. The van der Waals surface area contributed by atoms with Crippen LogP contribution in [0.1, 0.15) is 24.8 Å². The first-order valence-corrected chi connectivity index (χ1v) is 5.79. The lowest BCUT2D eigenvalue weighted by molar-refractivity contribution is -0.108. The van der Waals surface area contributed by atoms with Crippen molar-refractivity contribution in [3.8, 4) is 0 Å². The number of hydrogen-bond donors (Lipinski definition) is 0. The molecule has 0 heterocycles. The quantitative estimate of drug-likeness (QED) is 0.582. The third-order valence-electron chi connectivity index (χ3n) is 2.23. The van der Waals surface area contributed by atoms with E-state index in [1.165, 1.54) is 0 Å². The van der Waals surface area contributed by atoms with Crippen molar-refractivity contribution in [1.82, 2.24) is 0 Å². The molecule has 0 fully saturated rings. The molecule has 0 aliphatic rings. The van der Waals surface area contributed by atoms with Gasteiger partial charge in [0.25, 0.3) is 0 Å². The summed E-state index contributed by atoms with van der Waals surface area (Å²) in [7, 11) is 0. The van der Waals surface area contributed by atoms with Crippen LogP contribution in [0.3, 0.4) is 0 Å². The van der Waals surface area contributed by atoms with Gasteiger partial charge in [0.1, 0.15) is 17.9 Å². The standard InChI is InChI=1S/C11H12F2OS/c1-7(3-4-14)9-5-8(12)6-10(15-2)11(9)13/h4-7H,3H2,1-2H3. The van der Waals surface area contributed by atoms with E-state index in [9.17, 15) is 13.6 Å². The Balaban J connectivity index is 3.16. The minimum absolute atomic E-state index is 0.203. The highest BCUT2D eigenvalue weighted by Gasteiger charge is 2.15. The van der Waals surface area contributed by atoms with E-state index in [-0.39, 0.29) is 22.8 Å². The average molecular weight is 230 g/mol. The third kappa shape index (κ3) is 2.78. The lowest BCUT2D eigenvalue weighted by Crippen LogP contribution is -2.00. The van der Waals surface area contributed by atoms with Crippen LogP contribution >= 0.6 is 11.8 Å². The average Bonchev–Trinajstić information content (AvgIpc) is 2.21. The van der Waals surface area contributed by atoms with Gasteiger partial charge in [-0.2, -0.15) is 0 Å². The van der Waals surface area contributed by atoms with Gasteiger partial charge in [-0.1, -0.05) is 6.92 Å². The maximum absolute atomic E-state index is 13.7. The summed E-state index contributed by atoms with van der Waals surface area (Å²) in [5, 5.41) is 0. The summed E-state index contributed by atoms with van der Waals surface area (Å²) in [4.78, 5) is 10.6. The highest BCUT2D eigenvalue weighted by Crippen LogP contribution is 2.29. The zero-order valence-corrected chi connectivity index (χ0v) is 9.41. The number of hydrogen-bond acceptors (Lipinski definition) is 2. The fourth-order valence-corrected chi connectivity index (χ4v) is 1.89. The zero-order chi connectivity index (χ0) is 11.4. The van der Waals surface area contributed by atoms with Crippen molar-refractivity contribution < 1.29 is 13.6 Å². The summed E-state index contributed by atoms with van der Waals surface area (Å²) >= 11 is 1.16. The van der Waals surface area contributed by atoms with E-state index in [1.807, 2.05) is 0 Å². The Morgan fingerprint density at radius 3 is 2.67 bits per heavy atom. The van der Waals surface area contributed by atoms with E-state index >= 15 is 0 Å². The molecule has 1 aromatic rings. The fraction of sp³-hybridized carbons (Fsp3) is 0.364. The monoisotopic (exact) mass is 230 g/mol. The molecule has 1 nitrogen and oxygen atoms in total. The second-order valence-corrected chi connectivity index (χ2v) is 4.16. The lowest BCUT2D eigenvalue weighted by atomic mass is 9.98. The topological polar surface area (TPSA) is 17.1 Å². The second kappa shape index (κ2) is 5.26. The fourth-order valence-electron chi connectivity index (χ4n) is 1.36. The largest absolute Gasteiger partial charge is 0.303 e. The molecule has 1 rings (SSSR count). The van der Waals surface area contributed by atoms with Gasteiger partial charge in [0.05, 0.1) is 0 Å². The van der Waals surface area contributed by atoms with Crippen LogP contribution in [0, 0.1) is 11.6 Å². The highest BCUT2D eigenvalue weighted by atomic mass is 32.2. The van der Waals surface area contributed by atoms with Gasteiger partial charge < -0.3 is 4.79 Å². The summed E-state index contributed by atoms with van der Waals surface area (Å²) in [5.74, 6) is -1.17. The number of carbonyl (C=O) groups excluding carboxylic acids is 1. The van der Waals surface area contributed by atoms with Crippen LogP contribution in [-0.4, -0.2) is 12.5 Å². The summed E-state index contributed by atoms with van der Waals surface area (Å²) in [5.41, 5.74) is 0.270. The molecule has 0 bridgehead atoms. The van der Waals surface area contributed by atoms with Gasteiger partial charge in [0.2, 0.25) is 0 Å². The second-order valence-electron chi connectivity index (χ2n) is 3.31. The van der Waals surface area contributed by atoms with E-state index in [0.717, 1.165) is 23.9 Å². The maximum atomic E-state index is 13.7. The van der Waals surface area contributed by atoms with Crippen molar-refractivity contribution in [3.63, 3.8) is 0 Å². The molecular formula is C11H12F2OS. The first kappa shape index (κ1) is 12.2. The molecule has 1 aromatic carbocycles. The predicted octanol–water partition coefficient (Wildman–Crippen LogP) is 3.38. The Morgan fingerprint density at radius 2 is 2.13 bits per heavy atom. The van der Waals surface area contributed by atoms with Gasteiger partial charge in [-0.15, -0.1) is 11.8 Å². The van der Waals surface area contributed by atoms with Gasteiger partial charge >= 0.3 is 0 Å². The van der Waals surface area contributed by atoms with Crippen molar-refractivity contribution in [3.05, 3.63) is 29.3 Å². The predicted molar refractivity (Wildman–Crippen MR) is 57.2 cm³/mol. The molecule has 82 valence electrons. The van der Waals surface area contributed by atoms with Crippen LogP contribution in [0.5, 0.6) is 0 Å². The zero-order valence-electron chi connectivity index (χ0n) is 8.59. The van der Waals surface area contributed by atoms with Gasteiger partial charge in [-0.3, -0.25) is 0 Å². The van der Waals surface area contributed by atoms with E-state index < -0.39 is 11.6 Å². The first-order valence-electron chi connectivity index (χ1n) is 4.56. The summed E-state index contributed by atoms with van der Waals surface area (Å²) in [6, 6.07) is 2.32. The number of rotatable bonds is 4. The number of carbonyl (C=O) groups is 1. The number of thioether (sulfide) groups is 1. The van der Waals surface area contributed by atoms with Gasteiger partial charge in [-0.25, -0.2) is 8.78 Å². The number of benzene rings is 1. The van der Waals surface area contributed by atoms with Crippen LogP contribution in [0.15, 0.2) is 17.0 Å². The van der Waals surface area contributed by atoms with Gasteiger partial charge in [0.15, 0.2) is 0 Å². The molecule has 0 aliphatic heterocycles. The van der Waals surface area contributed by atoms with E-state index in [1.54, 1.807) is 13.2 Å². The molecule has 0 spiro atoms. The van der Waals surface area contributed by atoms with Gasteiger partial charge in [0, 0.05) is 11.3 Å². The van der Waals surface area contributed by atoms with E-state index in [4.69, 9.17) is 0 Å². The van der Waals surface area contributed by atoms with Crippen LogP contribution < -0.4 is 0 Å². The molecule has 0 saturated heterocycles. The summed E-state index contributed by atoms with van der Waals surface area (Å²) < 4.78 is 26.9. The molecular weight excluding hydrogens is 218 g/mol. The maximum Gasteiger partial charge on any atom is 0.140 e. The molecule has 1 atom stereocenters. The van der Waals surface area contributed by atoms with E-state index in [2.05, 4.69) is 0 Å². The SMILES string of the molecule is CSc1cc(F)cc(C(C)CC=O)c1F. The molecule has 1 unspecified atom stereocenters. The molecule has 15 heavy (non-hydrogen) atoms. The third-order valence-corrected chi connectivity index (χ3v) is 2.97. The van der Waals surface area contributed by atoms with Crippen LogP contribution in [-0.2, 0) is 4.79 Å². The molecule has 4 heteroatoms. The lowest BCUT2D eigenvalue weighted by Gasteiger charge is -2.12. The van der Waals surface area contributed by atoms with Crippen molar-refractivity contribution in [2.75, 3.05) is 6.26 Å².